The maximum absolute atomic E-state index is 13.7. The van der Waals surface area contributed by atoms with E-state index in [0.717, 1.165) is 17.4 Å². The van der Waals surface area contributed by atoms with Crippen molar-refractivity contribution in [3.05, 3.63) is 92.0 Å². The summed E-state index contributed by atoms with van der Waals surface area (Å²) >= 11 is 10.4. The minimum absolute atomic E-state index is 0.0575. The van der Waals surface area contributed by atoms with Crippen LogP contribution in [-0.2, 0) is 9.53 Å². The fourth-order valence-electron chi connectivity index (χ4n) is 3.90. The van der Waals surface area contributed by atoms with Crippen molar-refractivity contribution in [1.82, 2.24) is 4.57 Å². The van der Waals surface area contributed by atoms with Gasteiger partial charge in [0.25, 0.3) is 5.56 Å². The number of halogens is 2. The number of benzene rings is 2. The van der Waals surface area contributed by atoms with Gasteiger partial charge in [0.1, 0.15) is 11.8 Å². The van der Waals surface area contributed by atoms with Gasteiger partial charge in [0.15, 0.2) is 4.80 Å². The number of fused-ring (bicyclic) bond motifs is 1. The number of allylic oxidation sites excluding steroid dienone is 1. The number of nitrogens with zero attached hydrogens (tertiary/aromatic N) is 3. The van der Waals surface area contributed by atoms with Crippen molar-refractivity contribution in [2.24, 2.45) is 4.99 Å². The molecule has 0 spiro atoms. The molecule has 186 valence electrons. The third kappa shape index (κ3) is 4.43. The summed E-state index contributed by atoms with van der Waals surface area (Å²) in [6.07, 6.45) is 1.33. The Kier molecular flexibility index (Phi) is 7.03. The zero-order chi connectivity index (χ0) is 26.3. The molecular weight excluding hydrogens is 578 g/mol. The number of phenols is 1. The predicted molar refractivity (Wildman–Crippen MR) is 136 cm³/mol. The highest BCUT2D eigenvalue weighted by Crippen LogP contribution is 2.37. The number of nitro benzene ring substituents is 1. The molecule has 1 aromatic heterocycles. The fraction of sp³-hybridized carbons (Fsp3) is 0.174. The normalized spacial score (nSPS) is 15.4. The van der Waals surface area contributed by atoms with Crippen LogP contribution in [0.2, 0.25) is 5.02 Å². The van der Waals surface area contributed by atoms with E-state index in [2.05, 4.69) is 20.9 Å². The number of nitro groups is 1. The van der Waals surface area contributed by atoms with E-state index < -0.39 is 33.9 Å². The van der Waals surface area contributed by atoms with Gasteiger partial charge in [-0.1, -0.05) is 38.9 Å². The van der Waals surface area contributed by atoms with Gasteiger partial charge in [-0.15, -0.1) is 0 Å². The van der Waals surface area contributed by atoms with Crippen LogP contribution in [0.25, 0.3) is 6.08 Å². The van der Waals surface area contributed by atoms with Gasteiger partial charge in [0, 0.05) is 26.7 Å². The first kappa shape index (κ1) is 25.6. The van der Waals surface area contributed by atoms with Crippen LogP contribution in [0.5, 0.6) is 11.5 Å². The van der Waals surface area contributed by atoms with Crippen molar-refractivity contribution < 1.29 is 24.3 Å². The Hall–Kier alpha value is -3.48. The molecule has 2 aromatic carbocycles. The molecule has 0 aliphatic carbocycles. The smallest absolute Gasteiger partial charge is 0.338 e. The molecule has 0 unspecified atom stereocenters. The number of thiazole rings is 1. The van der Waals surface area contributed by atoms with E-state index in [-0.39, 0.29) is 20.5 Å². The number of hydrogen-bond acceptors (Lipinski definition) is 9. The second-order valence-corrected chi connectivity index (χ2v) is 9.94. The highest BCUT2D eigenvalue weighted by atomic mass is 79.9. The summed E-state index contributed by atoms with van der Waals surface area (Å²) in [5.74, 6) is -0.887. The maximum Gasteiger partial charge on any atom is 0.338 e. The van der Waals surface area contributed by atoms with Gasteiger partial charge < -0.3 is 14.6 Å². The summed E-state index contributed by atoms with van der Waals surface area (Å²) in [6, 6.07) is 6.46. The topological polar surface area (TPSA) is 133 Å². The number of methoxy groups -OCH3 is 2. The van der Waals surface area contributed by atoms with Crippen LogP contribution in [-0.4, -0.2) is 34.8 Å². The van der Waals surface area contributed by atoms with Crippen molar-refractivity contribution in [3.8, 4) is 11.5 Å². The van der Waals surface area contributed by atoms with E-state index in [4.69, 9.17) is 21.1 Å². The summed E-state index contributed by atoms with van der Waals surface area (Å²) in [5, 5.41) is 22.1. The summed E-state index contributed by atoms with van der Waals surface area (Å²) in [7, 11) is 2.68. The molecule has 10 nitrogen and oxygen atoms in total. The average Bonchev–Trinajstić information content (AvgIpc) is 3.13. The molecule has 0 amide bonds. The minimum Gasteiger partial charge on any atom is -0.502 e. The van der Waals surface area contributed by atoms with E-state index in [0.29, 0.717) is 26.5 Å². The second-order valence-electron chi connectivity index (χ2n) is 7.58. The van der Waals surface area contributed by atoms with Crippen LogP contribution in [0.4, 0.5) is 5.69 Å². The first-order chi connectivity index (χ1) is 17.1. The van der Waals surface area contributed by atoms with Gasteiger partial charge in [0.05, 0.1) is 34.9 Å². The monoisotopic (exact) mass is 593 g/mol. The van der Waals surface area contributed by atoms with Crippen molar-refractivity contribution in [2.75, 3.05) is 14.2 Å². The molecule has 4 rings (SSSR count). The third-order valence-electron chi connectivity index (χ3n) is 5.48. The summed E-state index contributed by atoms with van der Waals surface area (Å²) in [6.45, 7) is 1.62. The molecule has 3 aromatic rings. The SMILES string of the molecule is COC(=O)C1=C(C)N=c2s/c(=C\c3cc(Br)cc([N+](=O)[O-])c3O)c(=O)n2[C@@H]1c1cc(Cl)ccc1OC. The quantitative estimate of drug-likeness (QED) is 0.272. The summed E-state index contributed by atoms with van der Waals surface area (Å²) in [5.41, 5.74) is -0.105. The van der Waals surface area contributed by atoms with E-state index in [1.165, 1.54) is 30.9 Å². The zero-order valence-electron chi connectivity index (χ0n) is 18.9. The molecule has 1 aliphatic rings. The Morgan fingerprint density at radius 3 is 2.69 bits per heavy atom. The first-order valence-electron chi connectivity index (χ1n) is 10.2. The lowest BCUT2D eigenvalue weighted by Gasteiger charge is -2.25. The first-order valence-corrected chi connectivity index (χ1v) is 12.2. The highest BCUT2D eigenvalue weighted by Gasteiger charge is 2.35. The Balaban J connectivity index is 2.05. The molecule has 0 bridgehead atoms. The number of carbonyl (C=O) groups excluding carboxylic acids is 1. The van der Waals surface area contributed by atoms with E-state index in [1.54, 1.807) is 25.1 Å². The number of hydrogen-bond donors (Lipinski definition) is 1. The van der Waals surface area contributed by atoms with Gasteiger partial charge in [-0.05, 0) is 37.3 Å². The summed E-state index contributed by atoms with van der Waals surface area (Å²) in [4.78, 5) is 41.8. The van der Waals surface area contributed by atoms with Crippen molar-refractivity contribution in [2.45, 2.75) is 13.0 Å². The van der Waals surface area contributed by atoms with Crippen LogP contribution >= 0.6 is 38.9 Å². The maximum atomic E-state index is 13.7. The molecule has 0 saturated heterocycles. The van der Waals surface area contributed by atoms with Crippen LogP contribution in [0.3, 0.4) is 0 Å². The largest absolute Gasteiger partial charge is 0.502 e. The van der Waals surface area contributed by atoms with Crippen molar-refractivity contribution >= 4 is 56.6 Å². The molecule has 1 atom stereocenters. The van der Waals surface area contributed by atoms with Crippen LogP contribution < -0.4 is 19.6 Å². The molecule has 2 heterocycles. The van der Waals surface area contributed by atoms with Crippen molar-refractivity contribution in [3.63, 3.8) is 0 Å². The standard InChI is InChI=1S/C23H17BrClN3O7S/c1-10-18(22(31)35-3)19(14-9-13(25)4-5-16(14)34-2)27-21(30)17(36-23(27)26-10)7-11-6-12(24)8-15(20(11)29)28(32)33/h4-9,19,29H,1-3H3/b17-7-/t19-/m1/s1. The van der Waals surface area contributed by atoms with E-state index >= 15 is 0 Å². The summed E-state index contributed by atoms with van der Waals surface area (Å²) < 4.78 is 12.3. The van der Waals surface area contributed by atoms with Crippen LogP contribution in [0.15, 0.2) is 55.9 Å². The lowest BCUT2D eigenvalue weighted by Crippen LogP contribution is -2.40. The van der Waals surface area contributed by atoms with Crippen molar-refractivity contribution in [1.29, 1.82) is 0 Å². The number of aromatic hydroxyl groups is 1. The number of carbonyl (C=O) groups is 1. The lowest BCUT2D eigenvalue weighted by atomic mass is 9.95. The third-order valence-corrected chi connectivity index (χ3v) is 7.16. The molecule has 1 aliphatic heterocycles. The zero-order valence-corrected chi connectivity index (χ0v) is 22.1. The second kappa shape index (κ2) is 9.88. The predicted octanol–water partition coefficient (Wildman–Crippen LogP) is 3.45. The van der Waals surface area contributed by atoms with Gasteiger partial charge in [-0.2, -0.15) is 0 Å². The van der Waals surface area contributed by atoms with Gasteiger partial charge in [-0.3, -0.25) is 19.5 Å². The molecule has 0 saturated carbocycles. The molecule has 0 radical (unpaired) electrons. The fourth-order valence-corrected chi connectivity index (χ4v) is 5.58. The van der Waals surface area contributed by atoms with Gasteiger partial charge >= 0.3 is 11.7 Å². The van der Waals surface area contributed by atoms with E-state index in [1.807, 2.05) is 0 Å². The molecular formula is C23H17BrClN3O7S. The van der Waals surface area contributed by atoms with E-state index in [9.17, 15) is 24.8 Å². The van der Waals surface area contributed by atoms with Gasteiger partial charge in [-0.25, -0.2) is 9.79 Å². The number of esters is 1. The van der Waals surface area contributed by atoms with Gasteiger partial charge in [0.2, 0.25) is 5.75 Å². The molecule has 1 N–H and O–H groups in total. The Morgan fingerprint density at radius 1 is 1.33 bits per heavy atom. The Bertz CT molecular complexity index is 1640. The van der Waals surface area contributed by atoms with Crippen LogP contribution in [0, 0.1) is 10.1 Å². The Labute approximate surface area is 220 Å². The lowest BCUT2D eigenvalue weighted by molar-refractivity contribution is -0.385. The molecule has 0 fully saturated rings. The number of ether oxygens (including phenoxy) is 2. The number of aromatic nitrogens is 1. The average molecular weight is 595 g/mol. The highest BCUT2D eigenvalue weighted by molar-refractivity contribution is 9.10. The molecule has 13 heteroatoms. The number of phenolic OH excluding ortho intramolecular Hbond substituents is 1. The molecule has 36 heavy (non-hydrogen) atoms. The number of rotatable bonds is 5. The minimum atomic E-state index is -0.977. The Morgan fingerprint density at radius 2 is 2.06 bits per heavy atom. The van der Waals surface area contributed by atoms with Crippen LogP contribution in [0.1, 0.15) is 24.1 Å².